The number of carboxylic acids is 1. The lowest BCUT2D eigenvalue weighted by molar-refractivity contribution is -0.139. The molecule has 0 unspecified atom stereocenters. The Kier molecular flexibility index (Phi) is 5.81. The molecular weight excluding hydrogens is 462 g/mol. The highest BCUT2D eigenvalue weighted by molar-refractivity contribution is 5.98. The van der Waals surface area contributed by atoms with Crippen LogP contribution in [-0.2, 0) is 16.0 Å². The van der Waals surface area contributed by atoms with Crippen molar-refractivity contribution in [3.63, 3.8) is 0 Å². The van der Waals surface area contributed by atoms with E-state index in [1.165, 1.54) is 0 Å². The number of alkyl carbamates (subject to hydrolysis) is 1. The average Bonchev–Trinajstić information content (AvgIpc) is 3.24. The number of ether oxygens (including phenoxy) is 1. The summed E-state index contributed by atoms with van der Waals surface area (Å²) in [4.78, 5) is 24.7. The van der Waals surface area contributed by atoms with Crippen molar-refractivity contribution < 1.29 is 19.4 Å². The van der Waals surface area contributed by atoms with Crippen molar-refractivity contribution in [2.45, 2.75) is 18.4 Å². The molecular formula is C32H25NO4. The van der Waals surface area contributed by atoms with Crippen LogP contribution in [0.3, 0.4) is 0 Å². The predicted molar refractivity (Wildman–Crippen MR) is 145 cm³/mol. The van der Waals surface area contributed by atoms with E-state index in [-0.39, 0.29) is 18.9 Å². The number of benzene rings is 5. The third-order valence-electron chi connectivity index (χ3n) is 7.14. The number of aliphatic carboxylic acids is 1. The first-order valence-corrected chi connectivity index (χ1v) is 12.3. The Labute approximate surface area is 214 Å². The van der Waals surface area contributed by atoms with Gasteiger partial charge in [-0.3, -0.25) is 0 Å². The molecule has 182 valence electrons. The van der Waals surface area contributed by atoms with Crippen LogP contribution in [-0.4, -0.2) is 29.8 Å². The molecule has 5 nitrogen and oxygen atoms in total. The van der Waals surface area contributed by atoms with Crippen molar-refractivity contribution in [3.8, 4) is 11.1 Å². The first-order chi connectivity index (χ1) is 18.1. The molecule has 5 aromatic carbocycles. The van der Waals surface area contributed by atoms with E-state index in [4.69, 9.17) is 4.74 Å². The minimum absolute atomic E-state index is 0.0864. The molecule has 5 aromatic rings. The molecule has 37 heavy (non-hydrogen) atoms. The first-order valence-electron chi connectivity index (χ1n) is 12.3. The van der Waals surface area contributed by atoms with E-state index >= 15 is 0 Å². The van der Waals surface area contributed by atoms with Gasteiger partial charge in [-0.25, -0.2) is 9.59 Å². The highest BCUT2D eigenvalue weighted by Gasteiger charge is 2.29. The van der Waals surface area contributed by atoms with Crippen molar-refractivity contribution in [2.24, 2.45) is 0 Å². The number of carboxylic acid groups (broad SMARTS) is 1. The van der Waals surface area contributed by atoms with Gasteiger partial charge in [0, 0.05) is 12.3 Å². The van der Waals surface area contributed by atoms with Crippen LogP contribution < -0.4 is 5.32 Å². The van der Waals surface area contributed by atoms with Gasteiger partial charge in [0.15, 0.2) is 0 Å². The first kappa shape index (κ1) is 22.8. The predicted octanol–water partition coefficient (Wildman–Crippen LogP) is 6.53. The molecule has 0 radical (unpaired) electrons. The Hall–Kier alpha value is -4.64. The molecule has 0 bridgehead atoms. The summed E-state index contributed by atoms with van der Waals surface area (Å²) < 4.78 is 5.56. The van der Waals surface area contributed by atoms with Gasteiger partial charge in [0.2, 0.25) is 0 Å². The standard InChI is InChI=1S/C32H25NO4/c34-31(35)30(16-20-13-14-23-17-21-7-1-2-8-22(21)18-24(23)15-20)33-32(36)37-19-29-27-11-5-3-9-25(27)26-10-4-6-12-28(26)29/h1-15,17-18,29-30H,16,19H2,(H,33,36)(H,34,35)/t30-/m1/s1. The smallest absolute Gasteiger partial charge is 0.407 e. The number of amides is 1. The molecule has 0 fully saturated rings. The van der Waals surface area contributed by atoms with Gasteiger partial charge in [-0.05, 0) is 61.5 Å². The Bertz CT molecular complexity index is 1610. The van der Waals surface area contributed by atoms with Gasteiger partial charge < -0.3 is 15.2 Å². The van der Waals surface area contributed by atoms with Gasteiger partial charge in [0.05, 0.1) is 0 Å². The maximum absolute atomic E-state index is 12.7. The second-order valence-corrected chi connectivity index (χ2v) is 9.45. The van der Waals surface area contributed by atoms with Crippen molar-refractivity contribution in [3.05, 3.63) is 120 Å². The van der Waals surface area contributed by atoms with E-state index in [9.17, 15) is 14.7 Å². The van der Waals surface area contributed by atoms with Gasteiger partial charge in [0.25, 0.3) is 0 Å². The lowest BCUT2D eigenvalue weighted by Gasteiger charge is -2.18. The normalized spacial score (nSPS) is 13.2. The molecule has 0 saturated heterocycles. The zero-order chi connectivity index (χ0) is 25.4. The zero-order valence-corrected chi connectivity index (χ0v) is 20.1. The molecule has 6 rings (SSSR count). The third-order valence-corrected chi connectivity index (χ3v) is 7.14. The Morgan fingerprint density at radius 3 is 1.95 bits per heavy atom. The number of rotatable bonds is 6. The quantitative estimate of drug-likeness (QED) is 0.267. The van der Waals surface area contributed by atoms with Crippen LogP contribution in [0.2, 0.25) is 0 Å². The molecule has 2 N–H and O–H groups in total. The fourth-order valence-electron chi connectivity index (χ4n) is 5.33. The van der Waals surface area contributed by atoms with Crippen molar-refractivity contribution in [1.82, 2.24) is 5.32 Å². The van der Waals surface area contributed by atoms with Gasteiger partial charge >= 0.3 is 12.1 Å². The number of nitrogens with one attached hydrogen (secondary N) is 1. The van der Waals surface area contributed by atoms with Crippen molar-refractivity contribution >= 4 is 33.6 Å². The summed E-state index contributed by atoms with van der Waals surface area (Å²) in [6.45, 7) is 0.134. The Morgan fingerprint density at radius 2 is 1.30 bits per heavy atom. The number of hydrogen-bond acceptors (Lipinski definition) is 3. The zero-order valence-electron chi connectivity index (χ0n) is 20.1. The summed E-state index contributed by atoms with van der Waals surface area (Å²) >= 11 is 0. The topological polar surface area (TPSA) is 75.6 Å². The lowest BCUT2D eigenvalue weighted by atomic mass is 9.98. The van der Waals surface area contributed by atoms with Crippen LogP contribution in [0.25, 0.3) is 32.7 Å². The number of carbonyl (C=O) groups excluding carboxylic acids is 1. The summed E-state index contributed by atoms with van der Waals surface area (Å²) in [5.41, 5.74) is 5.32. The molecule has 0 aromatic heterocycles. The van der Waals surface area contributed by atoms with Crippen molar-refractivity contribution in [2.75, 3.05) is 6.61 Å². The number of carbonyl (C=O) groups is 2. The summed E-state index contributed by atoms with van der Waals surface area (Å²) in [7, 11) is 0. The van der Waals surface area contributed by atoms with E-state index in [2.05, 4.69) is 41.7 Å². The molecule has 1 aliphatic carbocycles. The summed E-state index contributed by atoms with van der Waals surface area (Å²) in [6.07, 6.45) is -0.580. The molecule has 5 heteroatoms. The van der Waals surface area contributed by atoms with Crippen LogP contribution in [0.5, 0.6) is 0 Å². The minimum Gasteiger partial charge on any atom is -0.480 e. The van der Waals surface area contributed by atoms with Crippen molar-refractivity contribution in [1.29, 1.82) is 0 Å². The monoisotopic (exact) mass is 487 g/mol. The Morgan fingerprint density at radius 1 is 0.730 bits per heavy atom. The van der Waals surface area contributed by atoms with Crippen LogP contribution in [0, 0.1) is 0 Å². The van der Waals surface area contributed by atoms with Gasteiger partial charge in [0.1, 0.15) is 12.6 Å². The average molecular weight is 488 g/mol. The van der Waals surface area contributed by atoms with Crippen LogP contribution >= 0.6 is 0 Å². The summed E-state index contributed by atoms with van der Waals surface area (Å²) in [5.74, 6) is -1.19. The fraction of sp³-hybridized carbons (Fsp3) is 0.125. The van der Waals surface area contributed by atoms with E-state index in [1.807, 2.05) is 66.7 Å². The van der Waals surface area contributed by atoms with Crippen LogP contribution in [0.4, 0.5) is 4.79 Å². The lowest BCUT2D eigenvalue weighted by Crippen LogP contribution is -2.42. The molecule has 0 spiro atoms. The maximum Gasteiger partial charge on any atom is 0.407 e. The number of fused-ring (bicyclic) bond motifs is 5. The maximum atomic E-state index is 12.7. The molecule has 0 saturated carbocycles. The van der Waals surface area contributed by atoms with Gasteiger partial charge in [-0.1, -0.05) is 91.0 Å². The fourth-order valence-corrected chi connectivity index (χ4v) is 5.33. The summed E-state index contributed by atoms with van der Waals surface area (Å²) in [5, 5.41) is 16.8. The molecule has 1 amide bonds. The van der Waals surface area contributed by atoms with Crippen LogP contribution in [0.15, 0.2) is 103 Å². The molecule has 1 atom stereocenters. The largest absolute Gasteiger partial charge is 0.480 e. The highest BCUT2D eigenvalue weighted by atomic mass is 16.5. The summed E-state index contributed by atoms with van der Waals surface area (Å²) in [6, 6.07) is 33.3. The van der Waals surface area contributed by atoms with E-state index in [0.717, 1.165) is 49.4 Å². The van der Waals surface area contributed by atoms with Gasteiger partial charge in [-0.15, -0.1) is 0 Å². The molecule has 0 heterocycles. The van der Waals surface area contributed by atoms with E-state index in [0.29, 0.717) is 0 Å². The second-order valence-electron chi connectivity index (χ2n) is 9.45. The van der Waals surface area contributed by atoms with Crippen LogP contribution in [0.1, 0.15) is 22.6 Å². The Balaban J connectivity index is 1.16. The van der Waals surface area contributed by atoms with E-state index < -0.39 is 18.1 Å². The van der Waals surface area contributed by atoms with E-state index in [1.54, 1.807) is 0 Å². The minimum atomic E-state index is -1.10. The highest BCUT2D eigenvalue weighted by Crippen LogP contribution is 2.44. The molecule has 1 aliphatic rings. The van der Waals surface area contributed by atoms with Gasteiger partial charge in [-0.2, -0.15) is 0 Å². The third kappa shape index (κ3) is 4.40. The number of hydrogen-bond donors (Lipinski definition) is 2. The molecule has 0 aliphatic heterocycles. The second kappa shape index (κ2) is 9.43. The SMILES string of the molecule is O=C(N[C@H](Cc1ccc2cc3ccccc3cc2c1)C(=O)O)OCC1c2ccccc2-c2ccccc21.